The van der Waals surface area contributed by atoms with E-state index in [1.54, 1.807) is 17.6 Å². The molecule has 0 bridgehead atoms. The van der Waals surface area contributed by atoms with Crippen LogP contribution < -0.4 is 5.73 Å². The van der Waals surface area contributed by atoms with Crippen LogP contribution in [0.2, 0.25) is 0 Å². The Morgan fingerprint density at radius 1 is 1.43 bits per heavy atom. The van der Waals surface area contributed by atoms with E-state index in [1.165, 1.54) is 18.5 Å². The second-order valence-corrected chi connectivity index (χ2v) is 2.95. The van der Waals surface area contributed by atoms with Crippen LogP contribution in [0.25, 0.3) is 5.69 Å². The Morgan fingerprint density at radius 2 is 2.21 bits per heavy atom. The molecule has 0 unspecified atom stereocenters. The van der Waals surface area contributed by atoms with Crippen molar-refractivity contribution in [3.8, 4) is 5.69 Å². The van der Waals surface area contributed by atoms with Crippen molar-refractivity contribution < 1.29 is 4.39 Å². The first-order chi connectivity index (χ1) is 6.68. The highest BCUT2D eigenvalue weighted by atomic mass is 19.1. The highest BCUT2D eigenvalue weighted by Gasteiger charge is 2.04. The lowest BCUT2D eigenvalue weighted by Crippen LogP contribution is -1.98. The minimum atomic E-state index is -0.435. The van der Waals surface area contributed by atoms with Crippen LogP contribution in [0.3, 0.4) is 0 Å². The van der Waals surface area contributed by atoms with Gasteiger partial charge in [-0.25, -0.2) is 4.39 Å². The summed E-state index contributed by atoms with van der Waals surface area (Å²) in [5.74, 6) is 0.268. The second-order valence-electron chi connectivity index (χ2n) is 2.95. The van der Waals surface area contributed by atoms with Crippen molar-refractivity contribution in [3.05, 3.63) is 36.2 Å². The molecule has 2 aromatic rings. The van der Waals surface area contributed by atoms with E-state index >= 15 is 0 Å². The Hall–Kier alpha value is -1.91. The Labute approximate surface area is 80.2 Å². The number of halogens is 1. The maximum Gasteiger partial charge on any atom is 0.148 e. The van der Waals surface area contributed by atoms with Gasteiger partial charge >= 0.3 is 0 Å². The fourth-order valence-corrected chi connectivity index (χ4v) is 1.21. The number of aryl methyl sites for hydroxylation is 1. The van der Waals surface area contributed by atoms with Gasteiger partial charge in [0, 0.05) is 6.07 Å². The van der Waals surface area contributed by atoms with Gasteiger partial charge in [0.25, 0.3) is 0 Å². The highest BCUT2D eigenvalue weighted by molar-refractivity contribution is 5.46. The first-order valence-electron chi connectivity index (χ1n) is 4.10. The van der Waals surface area contributed by atoms with Gasteiger partial charge in [-0.1, -0.05) is 0 Å². The van der Waals surface area contributed by atoms with Crippen LogP contribution in [0, 0.1) is 12.7 Å². The SMILES string of the molecule is Cc1nncn1-c1ccc(N)c(F)c1. The molecule has 0 saturated heterocycles. The van der Waals surface area contributed by atoms with Crippen LogP contribution >= 0.6 is 0 Å². The summed E-state index contributed by atoms with van der Waals surface area (Å²) in [5.41, 5.74) is 6.17. The van der Waals surface area contributed by atoms with E-state index in [1.807, 2.05) is 0 Å². The standard InChI is InChI=1S/C9H9FN4/c1-6-13-12-5-14(6)7-2-3-9(11)8(10)4-7/h2-5H,11H2,1H3. The number of rotatable bonds is 1. The first-order valence-corrected chi connectivity index (χ1v) is 4.10. The van der Waals surface area contributed by atoms with Crippen molar-refractivity contribution in [2.24, 2.45) is 0 Å². The minimum absolute atomic E-state index is 0.138. The summed E-state index contributed by atoms with van der Waals surface area (Å²) in [4.78, 5) is 0. The molecule has 1 aromatic heterocycles. The molecule has 72 valence electrons. The Morgan fingerprint density at radius 3 is 2.79 bits per heavy atom. The molecule has 1 aromatic carbocycles. The fraction of sp³-hybridized carbons (Fsp3) is 0.111. The third-order valence-electron chi connectivity index (χ3n) is 1.98. The average molecular weight is 192 g/mol. The van der Waals surface area contributed by atoms with Crippen LogP contribution in [0.1, 0.15) is 5.82 Å². The van der Waals surface area contributed by atoms with Gasteiger partial charge in [-0.3, -0.25) is 4.57 Å². The lowest BCUT2D eigenvalue weighted by Gasteiger charge is -2.04. The number of nitrogen functional groups attached to an aromatic ring is 1. The van der Waals surface area contributed by atoms with E-state index in [0.717, 1.165) is 0 Å². The molecule has 4 nitrogen and oxygen atoms in total. The molecule has 2 N–H and O–H groups in total. The first kappa shape index (κ1) is 8.68. The number of anilines is 1. The van der Waals surface area contributed by atoms with Gasteiger partial charge in [-0.2, -0.15) is 0 Å². The fourth-order valence-electron chi connectivity index (χ4n) is 1.21. The zero-order valence-electron chi connectivity index (χ0n) is 7.61. The number of benzene rings is 1. The highest BCUT2D eigenvalue weighted by Crippen LogP contribution is 2.15. The van der Waals surface area contributed by atoms with Crippen molar-refractivity contribution in [2.75, 3.05) is 5.73 Å². The maximum absolute atomic E-state index is 13.1. The van der Waals surface area contributed by atoms with Gasteiger partial charge in [0.15, 0.2) is 0 Å². The normalized spacial score (nSPS) is 10.4. The van der Waals surface area contributed by atoms with Gasteiger partial charge in [-0.05, 0) is 19.1 Å². The second kappa shape index (κ2) is 3.10. The van der Waals surface area contributed by atoms with Crippen molar-refractivity contribution in [2.45, 2.75) is 6.92 Å². The van der Waals surface area contributed by atoms with E-state index in [0.29, 0.717) is 11.5 Å². The van der Waals surface area contributed by atoms with Crippen molar-refractivity contribution >= 4 is 5.69 Å². The molecule has 2 rings (SSSR count). The molecule has 5 heteroatoms. The number of aromatic nitrogens is 3. The summed E-state index contributed by atoms with van der Waals surface area (Å²) in [5, 5.41) is 7.51. The van der Waals surface area contributed by atoms with Crippen molar-refractivity contribution in [1.82, 2.24) is 14.8 Å². The zero-order chi connectivity index (χ0) is 10.1. The number of hydrogen-bond acceptors (Lipinski definition) is 3. The van der Waals surface area contributed by atoms with Crippen LogP contribution in [0.5, 0.6) is 0 Å². The van der Waals surface area contributed by atoms with Crippen LogP contribution in [-0.2, 0) is 0 Å². The van der Waals surface area contributed by atoms with E-state index in [4.69, 9.17) is 5.73 Å². The lowest BCUT2D eigenvalue weighted by atomic mass is 10.2. The summed E-state index contributed by atoms with van der Waals surface area (Å²) in [7, 11) is 0. The van der Waals surface area contributed by atoms with E-state index in [2.05, 4.69) is 10.2 Å². The monoisotopic (exact) mass is 192 g/mol. The van der Waals surface area contributed by atoms with Gasteiger partial charge in [0.1, 0.15) is 18.0 Å². The summed E-state index contributed by atoms with van der Waals surface area (Å²) < 4.78 is 14.8. The summed E-state index contributed by atoms with van der Waals surface area (Å²) >= 11 is 0. The predicted molar refractivity (Wildman–Crippen MR) is 50.5 cm³/mol. The van der Waals surface area contributed by atoms with Gasteiger partial charge in [0.2, 0.25) is 0 Å². The van der Waals surface area contributed by atoms with Crippen LogP contribution in [0.4, 0.5) is 10.1 Å². The molecule has 0 saturated carbocycles. The maximum atomic E-state index is 13.1. The molecule has 0 atom stereocenters. The molecule has 1 heterocycles. The molecule has 0 spiro atoms. The number of nitrogens with two attached hydrogens (primary N) is 1. The third kappa shape index (κ3) is 1.32. The Bertz CT molecular complexity index is 464. The smallest absolute Gasteiger partial charge is 0.148 e. The molecular weight excluding hydrogens is 183 g/mol. The molecule has 0 aliphatic rings. The zero-order valence-corrected chi connectivity index (χ0v) is 7.61. The van der Waals surface area contributed by atoms with Crippen LogP contribution in [0.15, 0.2) is 24.5 Å². The van der Waals surface area contributed by atoms with Gasteiger partial charge < -0.3 is 5.73 Å². The summed E-state index contributed by atoms with van der Waals surface area (Å²) in [6.45, 7) is 1.79. The molecule has 0 fully saturated rings. The predicted octanol–water partition coefficient (Wildman–Crippen LogP) is 1.30. The van der Waals surface area contributed by atoms with Gasteiger partial charge in [0.05, 0.1) is 11.4 Å². The number of nitrogens with zero attached hydrogens (tertiary/aromatic N) is 3. The minimum Gasteiger partial charge on any atom is -0.396 e. The topological polar surface area (TPSA) is 56.7 Å². The molecule has 0 aliphatic heterocycles. The van der Waals surface area contributed by atoms with E-state index in [-0.39, 0.29) is 5.69 Å². The molecule has 0 radical (unpaired) electrons. The molecule has 0 aliphatic carbocycles. The Kier molecular flexibility index (Phi) is 1.92. The van der Waals surface area contributed by atoms with Gasteiger partial charge in [-0.15, -0.1) is 10.2 Å². The summed E-state index contributed by atoms with van der Waals surface area (Å²) in [6.07, 6.45) is 1.53. The largest absolute Gasteiger partial charge is 0.396 e. The van der Waals surface area contributed by atoms with E-state index < -0.39 is 5.82 Å². The molecule has 0 amide bonds. The third-order valence-corrected chi connectivity index (χ3v) is 1.98. The molecule has 14 heavy (non-hydrogen) atoms. The van der Waals surface area contributed by atoms with Crippen LogP contribution in [-0.4, -0.2) is 14.8 Å². The van der Waals surface area contributed by atoms with E-state index in [9.17, 15) is 4.39 Å². The van der Waals surface area contributed by atoms with Crippen molar-refractivity contribution in [1.29, 1.82) is 0 Å². The van der Waals surface area contributed by atoms with Crippen molar-refractivity contribution in [3.63, 3.8) is 0 Å². The lowest BCUT2D eigenvalue weighted by molar-refractivity contribution is 0.631. The quantitative estimate of drug-likeness (QED) is 0.693. The Balaban J connectivity index is 2.53. The molecular formula is C9H9FN4. The summed E-state index contributed by atoms with van der Waals surface area (Å²) in [6, 6.07) is 4.59. The number of hydrogen-bond donors (Lipinski definition) is 1. The average Bonchev–Trinajstić information content (AvgIpc) is 2.57.